The summed E-state index contributed by atoms with van der Waals surface area (Å²) >= 11 is 0. The van der Waals surface area contributed by atoms with Crippen molar-refractivity contribution in [2.45, 2.75) is 71.8 Å². The number of fused-ring (bicyclic) bond motifs is 1. The fourth-order valence-electron chi connectivity index (χ4n) is 6.06. The summed E-state index contributed by atoms with van der Waals surface area (Å²) in [5, 5.41) is 13.6. The van der Waals surface area contributed by atoms with Gasteiger partial charge in [0.25, 0.3) is 0 Å². The largest absolute Gasteiger partial charge is 0.491 e. The highest BCUT2D eigenvalue weighted by molar-refractivity contribution is 7.92. The number of aliphatic hydroxyl groups is 1. The molecule has 4 aliphatic rings. The molecule has 2 atom stereocenters. The van der Waals surface area contributed by atoms with Crippen molar-refractivity contribution in [3.63, 3.8) is 0 Å². The van der Waals surface area contributed by atoms with Gasteiger partial charge < -0.3 is 29.5 Å². The van der Waals surface area contributed by atoms with Gasteiger partial charge in [0, 0.05) is 32.7 Å². The molecule has 1 spiro atoms. The minimum atomic E-state index is -3.74. The van der Waals surface area contributed by atoms with Crippen LogP contribution in [0.5, 0.6) is 11.6 Å². The Labute approximate surface area is 253 Å². The maximum absolute atomic E-state index is 13.6. The van der Waals surface area contributed by atoms with Gasteiger partial charge in [-0.3, -0.25) is 0 Å². The SMILES string of the molecule is Cc1nc2c(cc1S(=O)(=O)N1CCC3(CC1)C[C@@H](NCC(O)COc1cccc(S(=O)(=O)C4CC4)c1)CO3)N(C)CCO2. The molecule has 1 aliphatic carbocycles. The standard InChI is InChI=1S/C29H40N4O8S2/c1-20-27(15-26-28(31-20)39-13-12-32(26)2)43(37,38)33-10-8-29(9-11-33)16-21(18-41-29)30-17-22(34)19-40-23-4-3-5-25(14-23)42(35,36)24-6-7-24/h3-5,14-15,21-22,24,30,34H,6-13,16-19H2,1-2H3/t21-,22?/m1/s1. The molecule has 1 aromatic heterocycles. The summed E-state index contributed by atoms with van der Waals surface area (Å²) in [4.78, 5) is 6.85. The summed E-state index contributed by atoms with van der Waals surface area (Å²) in [7, 11) is -5.15. The number of hydrogen-bond acceptors (Lipinski definition) is 11. The Balaban J connectivity index is 0.983. The van der Waals surface area contributed by atoms with Crippen LogP contribution in [0.4, 0.5) is 5.69 Å². The summed E-state index contributed by atoms with van der Waals surface area (Å²) in [5.41, 5.74) is 0.698. The van der Waals surface area contributed by atoms with E-state index < -0.39 is 31.6 Å². The maximum atomic E-state index is 13.6. The van der Waals surface area contributed by atoms with E-state index in [0.717, 1.165) is 6.42 Å². The smallest absolute Gasteiger partial charge is 0.244 e. The van der Waals surface area contributed by atoms with E-state index in [-0.39, 0.29) is 34.2 Å². The highest BCUT2D eigenvalue weighted by atomic mass is 32.2. The highest BCUT2D eigenvalue weighted by Crippen LogP contribution is 2.39. The number of ether oxygens (including phenoxy) is 3. The molecule has 2 aromatic rings. The molecule has 2 saturated heterocycles. The molecule has 1 saturated carbocycles. The number of aliphatic hydroxyl groups excluding tert-OH is 1. The lowest BCUT2D eigenvalue weighted by atomic mass is 9.88. The second-order valence-electron chi connectivity index (χ2n) is 12.1. The van der Waals surface area contributed by atoms with E-state index >= 15 is 0 Å². The van der Waals surface area contributed by atoms with Crippen molar-refractivity contribution in [2.24, 2.45) is 0 Å². The minimum Gasteiger partial charge on any atom is -0.491 e. The number of anilines is 1. The van der Waals surface area contributed by atoms with Crippen LogP contribution in [0.2, 0.25) is 0 Å². The van der Waals surface area contributed by atoms with Gasteiger partial charge in [-0.25, -0.2) is 21.8 Å². The second kappa shape index (κ2) is 11.8. The lowest BCUT2D eigenvalue weighted by molar-refractivity contribution is -0.0312. The van der Waals surface area contributed by atoms with E-state index in [1.165, 1.54) is 10.4 Å². The molecule has 14 heteroatoms. The van der Waals surface area contributed by atoms with Crippen molar-refractivity contribution in [3.8, 4) is 11.6 Å². The average Bonchev–Trinajstić information content (AvgIpc) is 3.78. The average molecular weight is 637 g/mol. The molecule has 12 nitrogen and oxygen atoms in total. The second-order valence-corrected chi connectivity index (χ2v) is 16.2. The molecule has 0 radical (unpaired) electrons. The third-order valence-electron chi connectivity index (χ3n) is 8.83. The van der Waals surface area contributed by atoms with Gasteiger partial charge in [0.15, 0.2) is 9.84 Å². The number of piperidine rings is 1. The van der Waals surface area contributed by atoms with Crippen LogP contribution in [0.25, 0.3) is 0 Å². The van der Waals surface area contributed by atoms with E-state index in [2.05, 4.69) is 10.3 Å². The van der Waals surface area contributed by atoms with Crippen molar-refractivity contribution in [3.05, 3.63) is 36.0 Å². The number of rotatable bonds is 10. The summed E-state index contributed by atoms with van der Waals surface area (Å²) in [6.45, 7) is 4.36. The maximum Gasteiger partial charge on any atom is 0.244 e. The number of aryl methyl sites for hydroxylation is 1. The predicted octanol–water partition coefficient (Wildman–Crippen LogP) is 1.50. The Bertz CT molecular complexity index is 1560. The lowest BCUT2D eigenvalue weighted by Crippen LogP contribution is -2.47. The number of nitrogens with one attached hydrogen (secondary N) is 1. The molecule has 1 unspecified atom stereocenters. The summed E-state index contributed by atoms with van der Waals surface area (Å²) in [5.74, 6) is 0.873. The molecule has 236 valence electrons. The summed E-state index contributed by atoms with van der Waals surface area (Å²) in [6.07, 6.45) is 2.47. The summed E-state index contributed by atoms with van der Waals surface area (Å²) in [6, 6.07) is 8.13. The van der Waals surface area contributed by atoms with Crippen molar-refractivity contribution in [1.82, 2.24) is 14.6 Å². The zero-order chi connectivity index (χ0) is 30.4. The van der Waals surface area contributed by atoms with Crippen molar-refractivity contribution >= 4 is 25.5 Å². The zero-order valence-corrected chi connectivity index (χ0v) is 26.2. The number of pyridine rings is 1. The van der Waals surface area contributed by atoms with Crippen LogP contribution in [-0.2, 0) is 24.6 Å². The van der Waals surface area contributed by atoms with Gasteiger partial charge in [-0.05, 0) is 63.3 Å². The highest BCUT2D eigenvalue weighted by Gasteiger charge is 2.45. The van der Waals surface area contributed by atoms with Crippen molar-refractivity contribution in [2.75, 3.05) is 57.9 Å². The van der Waals surface area contributed by atoms with E-state index in [1.54, 1.807) is 31.2 Å². The number of hydrogen-bond donors (Lipinski definition) is 2. The third-order valence-corrected chi connectivity index (χ3v) is 13.1. The van der Waals surface area contributed by atoms with Crippen LogP contribution >= 0.6 is 0 Å². The molecule has 3 fully saturated rings. The van der Waals surface area contributed by atoms with Crippen LogP contribution in [0.1, 0.15) is 37.8 Å². The van der Waals surface area contributed by atoms with Crippen LogP contribution in [-0.4, -0.2) is 107 Å². The number of nitrogens with zero attached hydrogens (tertiary/aromatic N) is 3. The Morgan fingerprint density at radius 1 is 1.16 bits per heavy atom. The monoisotopic (exact) mass is 636 g/mol. The van der Waals surface area contributed by atoms with E-state index in [4.69, 9.17) is 14.2 Å². The van der Waals surface area contributed by atoms with Crippen LogP contribution in [0.3, 0.4) is 0 Å². The molecule has 1 aromatic carbocycles. The molecule has 4 heterocycles. The number of sulfone groups is 1. The first-order valence-electron chi connectivity index (χ1n) is 14.8. The fourth-order valence-corrected chi connectivity index (χ4v) is 9.37. The van der Waals surface area contributed by atoms with Gasteiger partial charge in [0.2, 0.25) is 15.9 Å². The number of aromatic nitrogens is 1. The number of likely N-dealkylation sites (N-methyl/N-ethyl adjacent to an activating group) is 1. The quantitative estimate of drug-likeness (QED) is 0.391. The van der Waals surface area contributed by atoms with Gasteiger partial charge in [-0.1, -0.05) is 6.07 Å². The van der Waals surface area contributed by atoms with Gasteiger partial charge in [-0.15, -0.1) is 0 Å². The molecule has 0 amide bonds. The Morgan fingerprint density at radius 3 is 2.67 bits per heavy atom. The first kappa shape index (κ1) is 30.5. The van der Waals surface area contributed by atoms with Gasteiger partial charge >= 0.3 is 0 Å². The molecule has 43 heavy (non-hydrogen) atoms. The molecule has 0 bridgehead atoms. The van der Waals surface area contributed by atoms with Gasteiger partial charge in [0.05, 0.1) is 34.6 Å². The van der Waals surface area contributed by atoms with Gasteiger partial charge in [0.1, 0.15) is 35.7 Å². The molecular weight excluding hydrogens is 596 g/mol. The first-order valence-corrected chi connectivity index (χ1v) is 17.8. The fraction of sp³-hybridized carbons (Fsp3) is 0.621. The van der Waals surface area contributed by atoms with Gasteiger partial charge in [-0.2, -0.15) is 4.31 Å². The van der Waals surface area contributed by atoms with Crippen LogP contribution in [0, 0.1) is 6.92 Å². The third kappa shape index (κ3) is 6.36. The summed E-state index contributed by atoms with van der Waals surface area (Å²) < 4.78 is 71.3. The molecule has 2 N–H and O–H groups in total. The Morgan fingerprint density at radius 2 is 1.93 bits per heavy atom. The topological polar surface area (TPSA) is 148 Å². The molecule has 6 rings (SSSR count). The minimum absolute atomic E-state index is 0.0182. The predicted molar refractivity (Wildman–Crippen MR) is 159 cm³/mol. The van der Waals surface area contributed by atoms with E-state index in [9.17, 15) is 21.9 Å². The first-order chi connectivity index (χ1) is 20.5. The Hall–Kier alpha value is -2.49. The van der Waals surface area contributed by atoms with Crippen molar-refractivity contribution < 1.29 is 36.2 Å². The number of benzene rings is 1. The zero-order valence-electron chi connectivity index (χ0n) is 24.6. The van der Waals surface area contributed by atoms with Crippen LogP contribution < -0.4 is 19.7 Å². The van der Waals surface area contributed by atoms with E-state index in [1.807, 2.05) is 11.9 Å². The lowest BCUT2D eigenvalue weighted by Gasteiger charge is -2.38. The van der Waals surface area contributed by atoms with Crippen LogP contribution in [0.15, 0.2) is 40.1 Å². The molecular formula is C29H40N4O8S2. The normalized spacial score (nSPS) is 23.1. The van der Waals surface area contributed by atoms with Crippen molar-refractivity contribution in [1.29, 1.82) is 0 Å². The molecule has 3 aliphatic heterocycles. The van der Waals surface area contributed by atoms with E-state index in [0.29, 0.717) is 81.5 Å². The Kier molecular flexibility index (Phi) is 8.37. The number of sulfonamides is 1.